The Balaban J connectivity index is 1.88. The predicted molar refractivity (Wildman–Crippen MR) is 95.6 cm³/mol. The zero-order valence-corrected chi connectivity index (χ0v) is 15.1. The number of aliphatic hydroxyl groups excluding tert-OH is 1. The highest BCUT2D eigenvalue weighted by molar-refractivity contribution is 5.92. The molecule has 3 aromatic rings. The number of rotatable bonds is 5. The number of nitrogens with zero attached hydrogens (tertiary/aromatic N) is 2. The topological polar surface area (TPSA) is 97.4 Å². The largest absolute Gasteiger partial charge is 0.467 e. The maximum absolute atomic E-state index is 13.0. The third-order valence-corrected chi connectivity index (χ3v) is 4.07. The first-order chi connectivity index (χ1) is 13.7. The van der Waals surface area contributed by atoms with Crippen molar-refractivity contribution in [3.8, 4) is 5.69 Å². The van der Waals surface area contributed by atoms with E-state index in [1.54, 1.807) is 6.07 Å². The lowest BCUT2D eigenvalue weighted by atomic mass is 10.2. The Morgan fingerprint density at radius 2 is 2.03 bits per heavy atom. The molecule has 1 amide bonds. The number of nitrogens with one attached hydrogen (secondary N) is 1. The molecule has 2 N–H and O–H groups in total. The van der Waals surface area contributed by atoms with Crippen molar-refractivity contribution in [1.29, 1.82) is 0 Å². The van der Waals surface area contributed by atoms with Gasteiger partial charge in [-0.15, -0.1) is 0 Å². The normalized spacial score (nSPS) is 12.6. The fourth-order valence-corrected chi connectivity index (χ4v) is 2.63. The quantitative estimate of drug-likeness (QED) is 0.678. The highest BCUT2D eigenvalue weighted by Crippen LogP contribution is 2.30. The van der Waals surface area contributed by atoms with E-state index in [-0.39, 0.29) is 23.7 Å². The molecule has 0 spiro atoms. The van der Waals surface area contributed by atoms with E-state index in [9.17, 15) is 27.9 Å². The van der Waals surface area contributed by atoms with Gasteiger partial charge in [-0.25, -0.2) is 4.68 Å². The van der Waals surface area contributed by atoms with Gasteiger partial charge in [-0.1, -0.05) is 6.07 Å². The van der Waals surface area contributed by atoms with Crippen LogP contribution in [-0.4, -0.2) is 27.3 Å². The molecule has 1 unspecified atom stereocenters. The first kappa shape index (κ1) is 20.3. The number of amides is 1. The number of hydrogen-bond acceptors (Lipinski definition) is 5. The average Bonchev–Trinajstić information content (AvgIpc) is 3.20. The van der Waals surface area contributed by atoms with Crippen LogP contribution in [0, 0.1) is 6.92 Å². The fraction of sp³-hybridized carbons (Fsp3) is 0.211. The van der Waals surface area contributed by atoms with Gasteiger partial charge in [0.25, 0.3) is 5.91 Å². The van der Waals surface area contributed by atoms with Gasteiger partial charge in [0, 0.05) is 11.8 Å². The van der Waals surface area contributed by atoms with Crippen molar-refractivity contribution in [2.24, 2.45) is 0 Å². The number of carbonyl (C=O) groups excluding carboxylic acids is 1. The molecule has 0 bridgehead atoms. The Bertz CT molecular complexity index is 1080. The SMILES string of the molecule is Cc1cc(=O)c(C(=O)NCC(O)c2ccco2)nn1-c1cccc(C(F)(F)F)c1. The number of carbonyl (C=O) groups is 1. The van der Waals surface area contributed by atoms with Crippen LogP contribution in [0.25, 0.3) is 5.69 Å². The first-order valence-corrected chi connectivity index (χ1v) is 8.45. The number of aryl methyl sites for hydroxylation is 1. The van der Waals surface area contributed by atoms with E-state index in [4.69, 9.17) is 4.42 Å². The minimum absolute atomic E-state index is 0.0435. The van der Waals surface area contributed by atoms with Crippen LogP contribution in [0.4, 0.5) is 13.2 Å². The lowest BCUT2D eigenvalue weighted by Gasteiger charge is -2.14. The van der Waals surface area contributed by atoms with Gasteiger partial charge in [0.05, 0.1) is 24.1 Å². The van der Waals surface area contributed by atoms with Gasteiger partial charge >= 0.3 is 6.18 Å². The number of alkyl halides is 3. The van der Waals surface area contributed by atoms with Gasteiger partial charge in [-0.2, -0.15) is 18.3 Å². The standard InChI is InChI=1S/C19H16F3N3O4/c1-11-8-14(26)17(18(28)23-10-15(27)16-6-3-7-29-16)24-25(11)13-5-2-4-12(9-13)19(20,21)22/h2-9,15,27H,10H2,1H3,(H,23,28). The van der Waals surface area contributed by atoms with Gasteiger partial charge in [0.2, 0.25) is 5.43 Å². The van der Waals surface area contributed by atoms with Crippen LogP contribution in [-0.2, 0) is 6.18 Å². The molecular weight excluding hydrogens is 391 g/mol. The highest BCUT2D eigenvalue weighted by atomic mass is 19.4. The Morgan fingerprint density at radius 3 is 2.69 bits per heavy atom. The van der Waals surface area contributed by atoms with Crippen LogP contribution in [0.1, 0.15) is 33.6 Å². The van der Waals surface area contributed by atoms with E-state index >= 15 is 0 Å². The van der Waals surface area contributed by atoms with Crippen molar-refractivity contribution in [1.82, 2.24) is 15.1 Å². The molecule has 0 saturated heterocycles. The van der Waals surface area contributed by atoms with Crippen LogP contribution >= 0.6 is 0 Å². The van der Waals surface area contributed by atoms with E-state index < -0.39 is 34.9 Å². The Hall–Kier alpha value is -3.40. The molecule has 10 heteroatoms. The third-order valence-electron chi connectivity index (χ3n) is 4.07. The summed E-state index contributed by atoms with van der Waals surface area (Å²) in [6.45, 7) is 1.24. The number of aliphatic hydroxyl groups is 1. The first-order valence-electron chi connectivity index (χ1n) is 8.45. The summed E-state index contributed by atoms with van der Waals surface area (Å²) in [5, 5.41) is 16.2. The molecule has 2 heterocycles. The second-order valence-corrected chi connectivity index (χ2v) is 6.20. The number of halogens is 3. The Kier molecular flexibility index (Phi) is 5.55. The van der Waals surface area contributed by atoms with E-state index in [1.165, 1.54) is 31.4 Å². The number of benzene rings is 1. The van der Waals surface area contributed by atoms with Gasteiger partial charge in [-0.3, -0.25) is 9.59 Å². The van der Waals surface area contributed by atoms with Crippen LogP contribution < -0.4 is 10.7 Å². The fourth-order valence-electron chi connectivity index (χ4n) is 2.63. The second kappa shape index (κ2) is 7.92. The maximum atomic E-state index is 13.0. The molecule has 7 nitrogen and oxygen atoms in total. The van der Waals surface area contributed by atoms with Gasteiger partial charge in [-0.05, 0) is 37.3 Å². The highest BCUT2D eigenvalue weighted by Gasteiger charge is 2.30. The smallest absolute Gasteiger partial charge is 0.416 e. The van der Waals surface area contributed by atoms with Crippen molar-refractivity contribution < 1.29 is 27.5 Å². The zero-order valence-electron chi connectivity index (χ0n) is 15.1. The average molecular weight is 407 g/mol. The summed E-state index contributed by atoms with van der Waals surface area (Å²) in [5.41, 5.74) is -1.80. The summed E-state index contributed by atoms with van der Waals surface area (Å²) in [6.07, 6.45) is -4.33. The molecule has 0 saturated carbocycles. The molecule has 2 aromatic heterocycles. The van der Waals surface area contributed by atoms with Crippen molar-refractivity contribution in [2.45, 2.75) is 19.2 Å². The number of hydrogen-bond donors (Lipinski definition) is 2. The predicted octanol–water partition coefficient (Wildman–Crippen LogP) is 2.62. The van der Waals surface area contributed by atoms with E-state index in [2.05, 4.69) is 10.4 Å². The molecule has 0 radical (unpaired) electrons. The number of aromatic nitrogens is 2. The van der Waals surface area contributed by atoms with Crippen molar-refractivity contribution in [2.75, 3.05) is 6.54 Å². The lowest BCUT2D eigenvalue weighted by Crippen LogP contribution is -2.34. The van der Waals surface area contributed by atoms with Crippen molar-refractivity contribution in [3.63, 3.8) is 0 Å². The van der Waals surface area contributed by atoms with Crippen LogP contribution in [0.3, 0.4) is 0 Å². The summed E-state index contributed by atoms with van der Waals surface area (Å²) in [7, 11) is 0. The van der Waals surface area contributed by atoms with Crippen LogP contribution in [0.2, 0.25) is 0 Å². The van der Waals surface area contributed by atoms with E-state index in [0.717, 1.165) is 22.9 Å². The van der Waals surface area contributed by atoms with Crippen LogP contribution in [0.5, 0.6) is 0 Å². The summed E-state index contributed by atoms with van der Waals surface area (Å²) < 4.78 is 45.0. The molecule has 1 atom stereocenters. The van der Waals surface area contributed by atoms with Gasteiger partial charge in [0.15, 0.2) is 5.69 Å². The Labute approximate surface area is 162 Å². The lowest BCUT2D eigenvalue weighted by molar-refractivity contribution is -0.137. The Morgan fingerprint density at radius 1 is 1.28 bits per heavy atom. The molecular formula is C19H16F3N3O4. The minimum atomic E-state index is -4.55. The van der Waals surface area contributed by atoms with E-state index in [0.29, 0.717) is 0 Å². The number of furan rings is 1. The van der Waals surface area contributed by atoms with Crippen LogP contribution in [0.15, 0.2) is 57.9 Å². The zero-order chi connectivity index (χ0) is 21.2. The van der Waals surface area contributed by atoms with E-state index in [1.807, 2.05) is 0 Å². The summed E-state index contributed by atoms with van der Waals surface area (Å²) >= 11 is 0. The van der Waals surface area contributed by atoms with Gasteiger partial charge < -0.3 is 14.8 Å². The molecule has 1 aromatic carbocycles. The third kappa shape index (κ3) is 4.54. The van der Waals surface area contributed by atoms with Crippen molar-refractivity contribution >= 4 is 5.91 Å². The summed E-state index contributed by atoms with van der Waals surface area (Å²) in [5.74, 6) is -0.648. The molecule has 0 fully saturated rings. The minimum Gasteiger partial charge on any atom is -0.467 e. The molecule has 152 valence electrons. The molecule has 0 aliphatic rings. The molecule has 29 heavy (non-hydrogen) atoms. The molecule has 3 rings (SSSR count). The summed E-state index contributed by atoms with van der Waals surface area (Å²) in [6, 6.07) is 8.54. The second-order valence-electron chi connectivity index (χ2n) is 6.20. The monoisotopic (exact) mass is 407 g/mol. The van der Waals surface area contributed by atoms with Gasteiger partial charge in [0.1, 0.15) is 11.9 Å². The summed E-state index contributed by atoms with van der Waals surface area (Å²) in [4.78, 5) is 24.5. The molecule has 0 aliphatic carbocycles. The molecule has 0 aliphatic heterocycles. The van der Waals surface area contributed by atoms with Crippen molar-refractivity contribution in [3.05, 3.63) is 81.7 Å². The maximum Gasteiger partial charge on any atom is 0.416 e.